The third-order valence-corrected chi connectivity index (χ3v) is 10.5. The molecule has 1 aliphatic rings. The Labute approximate surface area is 361 Å². The molecule has 0 spiro atoms. The maximum Gasteiger partial charge on any atom is 0.469 e. The van der Waals surface area contributed by atoms with Crippen LogP contribution in [0.1, 0.15) is 71.1 Å². The normalized spacial score (nSPS) is 17.7. The van der Waals surface area contributed by atoms with Crippen LogP contribution in [0.3, 0.4) is 0 Å². The molecule has 6 amide bonds. The highest BCUT2D eigenvalue weighted by molar-refractivity contribution is 7.46. The highest BCUT2D eigenvalue weighted by Crippen LogP contribution is 2.38. The molecule has 0 aliphatic carbocycles. The van der Waals surface area contributed by atoms with E-state index in [-0.39, 0.29) is 50.7 Å². The van der Waals surface area contributed by atoms with Gasteiger partial charge >= 0.3 is 7.82 Å². The first-order valence-corrected chi connectivity index (χ1v) is 22.1. The lowest BCUT2D eigenvalue weighted by molar-refractivity contribution is -0.140. The van der Waals surface area contributed by atoms with E-state index in [9.17, 15) is 33.3 Å². The first-order valence-electron chi connectivity index (χ1n) is 20.6. The van der Waals surface area contributed by atoms with Gasteiger partial charge in [0.25, 0.3) is 0 Å². The van der Waals surface area contributed by atoms with Crippen molar-refractivity contribution >= 4 is 43.3 Å². The number of nitrogens with zero attached hydrogens (tertiary/aromatic N) is 2. The zero-order valence-electron chi connectivity index (χ0n) is 35.9. The smallest absolute Gasteiger partial charge is 0.382 e. The predicted molar refractivity (Wildman–Crippen MR) is 223 cm³/mol. The highest BCUT2D eigenvalue weighted by Gasteiger charge is 2.41. The number of benzene rings is 1. The van der Waals surface area contributed by atoms with E-state index in [1.807, 2.05) is 32.0 Å². The molecule has 9 N–H and O–H groups in total. The van der Waals surface area contributed by atoms with Gasteiger partial charge in [-0.3, -0.25) is 33.3 Å². The quantitative estimate of drug-likeness (QED) is 0.0412. The molecule has 62 heavy (non-hydrogen) atoms. The van der Waals surface area contributed by atoms with Crippen molar-refractivity contribution in [1.29, 1.82) is 0 Å². The summed E-state index contributed by atoms with van der Waals surface area (Å²) in [6.07, 6.45) is 3.65. The molecule has 2 aromatic rings. The van der Waals surface area contributed by atoms with Gasteiger partial charge in [-0.2, -0.15) is 0 Å². The zero-order chi connectivity index (χ0) is 45.8. The van der Waals surface area contributed by atoms with E-state index in [0.717, 1.165) is 26.2 Å². The summed E-state index contributed by atoms with van der Waals surface area (Å²) < 4.78 is 32.5. The lowest BCUT2D eigenvalue weighted by Gasteiger charge is -2.28. The van der Waals surface area contributed by atoms with E-state index in [4.69, 9.17) is 29.7 Å². The number of imidazole rings is 1. The number of nitrogens with two attached hydrogens (primary N) is 1. The van der Waals surface area contributed by atoms with Crippen LogP contribution >= 0.6 is 7.82 Å². The van der Waals surface area contributed by atoms with Crippen LogP contribution in [0.2, 0.25) is 0 Å². The maximum absolute atomic E-state index is 14.1. The molecule has 0 saturated carbocycles. The average Bonchev–Trinajstić information content (AvgIpc) is 3.89. The molecule has 1 aromatic heterocycles. The molecular weight excluding hydrogens is 831 g/mol. The number of phosphoric acid groups is 1. The Balaban J connectivity index is 1.73. The van der Waals surface area contributed by atoms with E-state index in [1.54, 1.807) is 0 Å². The Morgan fingerprint density at radius 2 is 1.63 bits per heavy atom. The number of phosphoric ester groups is 1. The third kappa shape index (κ3) is 18.3. The minimum Gasteiger partial charge on any atom is -0.382 e. The lowest BCUT2D eigenvalue weighted by atomic mass is 10.0. The molecule has 0 bridgehead atoms. The summed E-state index contributed by atoms with van der Waals surface area (Å²) in [7, 11) is -3.52. The number of ether oxygens (including phenoxy) is 3. The lowest BCUT2D eigenvalue weighted by Crippen LogP contribution is -2.59. The fraction of sp³-hybridized carbons (Fsp3) is 0.625. The van der Waals surface area contributed by atoms with Gasteiger partial charge in [0.1, 0.15) is 30.2 Å². The Morgan fingerprint density at radius 3 is 2.26 bits per heavy atom. The summed E-state index contributed by atoms with van der Waals surface area (Å²) in [4.78, 5) is 107. The number of rotatable bonds is 28. The first kappa shape index (κ1) is 51.6. The van der Waals surface area contributed by atoms with Gasteiger partial charge in [-0.15, -0.1) is 0 Å². The second-order valence-corrected chi connectivity index (χ2v) is 16.7. The number of hydrogen-bond donors (Lipinski definition) is 8. The Bertz CT molecular complexity index is 1780. The van der Waals surface area contributed by atoms with E-state index in [1.165, 1.54) is 37.0 Å². The number of carbonyl (C=O) groups excluding carboxylic acids is 6. The van der Waals surface area contributed by atoms with Gasteiger partial charge in [0.15, 0.2) is 0 Å². The monoisotopic (exact) mass is 894 g/mol. The largest absolute Gasteiger partial charge is 0.469 e. The number of aromatic amines is 1. The van der Waals surface area contributed by atoms with Gasteiger partial charge in [0, 0.05) is 45.0 Å². The fourth-order valence-electron chi connectivity index (χ4n) is 6.74. The van der Waals surface area contributed by atoms with Crippen LogP contribution in [0.4, 0.5) is 0 Å². The molecule has 22 heteroatoms. The van der Waals surface area contributed by atoms with E-state index in [0.29, 0.717) is 25.5 Å². The molecule has 1 saturated heterocycles. The van der Waals surface area contributed by atoms with Gasteiger partial charge in [0.05, 0.1) is 44.8 Å². The van der Waals surface area contributed by atoms with Gasteiger partial charge in [0.2, 0.25) is 35.4 Å². The molecule has 1 fully saturated rings. The molecule has 0 radical (unpaired) electrons. The number of aromatic nitrogens is 2. The van der Waals surface area contributed by atoms with Crippen LogP contribution in [0.5, 0.6) is 0 Å². The van der Waals surface area contributed by atoms with Gasteiger partial charge in [-0.1, -0.05) is 44.2 Å². The number of carbonyl (C=O) groups is 6. The summed E-state index contributed by atoms with van der Waals surface area (Å²) in [5, 5.41) is 10.2. The van der Waals surface area contributed by atoms with Crippen LogP contribution in [0.15, 0.2) is 42.9 Å². The Kier molecular flexibility index (Phi) is 21.6. The molecule has 1 aromatic carbocycles. The van der Waals surface area contributed by atoms with Gasteiger partial charge < -0.3 is 60.9 Å². The topological polar surface area (TPSA) is 303 Å². The summed E-state index contributed by atoms with van der Waals surface area (Å²) >= 11 is 0. The number of unbranched alkanes of at least 4 members (excludes halogenated alkanes) is 1. The average molecular weight is 895 g/mol. The molecule has 7 atom stereocenters. The number of H-pyrrole nitrogens is 1. The third-order valence-electron chi connectivity index (χ3n) is 9.92. The Hall–Kier alpha value is -4.76. The molecule has 346 valence electrons. The van der Waals surface area contributed by atoms with E-state index in [2.05, 4.69) is 47.9 Å². The highest BCUT2D eigenvalue weighted by atomic mass is 31.2. The number of methoxy groups -OCH3 is 1. The van der Waals surface area contributed by atoms with Crippen LogP contribution < -0.4 is 27.0 Å². The van der Waals surface area contributed by atoms with E-state index < -0.39 is 79.8 Å². The van der Waals surface area contributed by atoms with Crippen molar-refractivity contribution in [3.63, 3.8) is 0 Å². The van der Waals surface area contributed by atoms with Crippen molar-refractivity contribution in [3.8, 4) is 0 Å². The first-order chi connectivity index (χ1) is 29.4. The molecule has 21 nitrogen and oxygen atoms in total. The van der Waals surface area contributed by atoms with Gasteiger partial charge in [-0.05, 0) is 51.0 Å². The molecule has 0 unspecified atom stereocenters. The number of primary amides is 1. The van der Waals surface area contributed by atoms with Crippen molar-refractivity contribution in [2.45, 2.75) is 115 Å². The number of hydrogen-bond acceptors (Lipinski definition) is 12. The number of aryl methyl sites for hydroxylation is 1. The minimum atomic E-state index is -5.06. The molecule has 3 rings (SSSR count). The van der Waals surface area contributed by atoms with Crippen LogP contribution in [-0.4, -0.2) is 143 Å². The Morgan fingerprint density at radius 1 is 0.919 bits per heavy atom. The standard InChI is InChI=1S/C40H63N8O13P/c1-25(2)19-31(39(53)45-32(20-29-22-42-24-43-29)38(52)44-26(3)37(51)47-35(36(41)50)27(4)61-62(55,56)57)46-40(54)33-21-30(23-48(33)34(49)14-16-59-18-17-58-5)60-15-10-9-13-28-11-7-6-8-12-28/h6-8,11-12,22,24-27,30-33,35H,9-10,13-21,23H2,1-5H3,(H2,41,50)(H,42,43)(H,44,52)(H,45,53)(H,46,54)(H,47,51)(H2,55,56,57)/t26-,27+,30+,31-,32-,33-,35-/m0/s1. The molecular formula is C40H63N8O13P. The van der Waals surface area contributed by atoms with E-state index >= 15 is 0 Å². The molecule has 1 aliphatic heterocycles. The number of amides is 6. The van der Waals surface area contributed by atoms with Crippen LogP contribution in [-0.2, 0) is 64.9 Å². The fourth-order valence-corrected chi connectivity index (χ4v) is 7.29. The number of likely N-dealkylation sites (tertiary alicyclic amines) is 1. The van der Waals surface area contributed by atoms with Gasteiger partial charge in [-0.25, -0.2) is 9.55 Å². The van der Waals surface area contributed by atoms with Crippen molar-refractivity contribution in [2.24, 2.45) is 11.7 Å². The van der Waals surface area contributed by atoms with Crippen molar-refractivity contribution in [2.75, 3.05) is 40.1 Å². The zero-order valence-corrected chi connectivity index (χ0v) is 36.8. The number of nitrogens with one attached hydrogen (secondary N) is 5. The maximum atomic E-state index is 14.1. The van der Waals surface area contributed by atoms with Crippen molar-refractivity contribution in [3.05, 3.63) is 54.1 Å². The SMILES string of the molecule is COCCOCCC(=O)N1C[C@H](OCCCCc2ccccc2)C[C@H]1C(=O)N[C@@H](CC(C)C)C(=O)N[C@@H](Cc1cnc[nH]1)C(=O)N[C@@H](C)C(=O)N[C@H](C(N)=O)[C@@H](C)OP(=O)(O)O. The molecule has 2 heterocycles. The summed E-state index contributed by atoms with van der Waals surface area (Å²) in [5.41, 5.74) is 7.01. The minimum absolute atomic E-state index is 0.0113. The summed E-state index contributed by atoms with van der Waals surface area (Å²) in [6, 6.07) is 3.62. The van der Waals surface area contributed by atoms with Crippen molar-refractivity contribution in [1.82, 2.24) is 36.1 Å². The summed E-state index contributed by atoms with van der Waals surface area (Å²) in [6.45, 7) is 7.47. The van der Waals surface area contributed by atoms with Crippen LogP contribution in [0.25, 0.3) is 0 Å². The predicted octanol–water partition coefficient (Wildman–Crippen LogP) is 0.00260. The van der Waals surface area contributed by atoms with Crippen LogP contribution in [0, 0.1) is 5.92 Å². The van der Waals surface area contributed by atoms with Crippen molar-refractivity contribution < 1.29 is 61.9 Å². The summed E-state index contributed by atoms with van der Waals surface area (Å²) in [5.74, 6) is -4.65. The second kappa shape index (κ2) is 26.0. The second-order valence-electron chi connectivity index (χ2n) is 15.5.